The van der Waals surface area contributed by atoms with Crippen molar-refractivity contribution < 1.29 is 14.6 Å². The zero-order chi connectivity index (χ0) is 23.5. The fourth-order valence-corrected chi connectivity index (χ4v) is 5.59. The summed E-state index contributed by atoms with van der Waals surface area (Å²) in [5.74, 6) is 1.06. The van der Waals surface area contributed by atoms with Crippen molar-refractivity contribution in [1.82, 2.24) is 15.3 Å². The van der Waals surface area contributed by atoms with Crippen molar-refractivity contribution in [3.63, 3.8) is 0 Å². The number of para-hydroxylation sites is 1. The molecule has 178 valence electrons. The number of methoxy groups -OCH3 is 1. The van der Waals surface area contributed by atoms with Crippen LogP contribution in [0.5, 0.6) is 5.88 Å². The number of carbonyl (C=O) groups excluding carboxylic acids is 1. The molecule has 8 heteroatoms. The Labute approximate surface area is 203 Å². The molecular formula is C26H30N4O3S. The van der Waals surface area contributed by atoms with E-state index >= 15 is 0 Å². The fraction of sp³-hybridized carbons (Fsp3) is 0.423. The zero-order valence-corrected chi connectivity index (χ0v) is 20.2. The second-order valence-corrected chi connectivity index (χ2v) is 10.2. The van der Waals surface area contributed by atoms with Crippen LogP contribution in [-0.2, 0) is 17.8 Å². The summed E-state index contributed by atoms with van der Waals surface area (Å²) in [4.78, 5) is 20.7. The fourth-order valence-electron chi connectivity index (χ4n) is 4.86. The number of hydrogen-bond acceptors (Lipinski definition) is 7. The summed E-state index contributed by atoms with van der Waals surface area (Å²) in [6, 6.07) is 12.5. The minimum absolute atomic E-state index is 0.0226. The van der Waals surface area contributed by atoms with Crippen LogP contribution in [0.25, 0.3) is 10.9 Å². The maximum absolute atomic E-state index is 11.6. The molecule has 0 saturated heterocycles. The van der Waals surface area contributed by atoms with Crippen molar-refractivity contribution in [2.45, 2.75) is 61.7 Å². The molecule has 3 N–H and O–H groups in total. The highest BCUT2D eigenvalue weighted by molar-refractivity contribution is 8.00. The zero-order valence-electron chi connectivity index (χ0n) is 19.3. The van der Waals surface area contributed by atoms with Gasteiger partial charge in [-0.2, -0.15) is 0 Å². The maximum Gasteiger partial charge on any atom is 0.234 e. The van der Waals surface area contributed by atoms with Gasteiger partial charge in [0, 0.05) is 30.2 Å². The summed E-state index contributed by atoms with van der Waals surface area (Å²) in [7, 11) is 1.63. The quantitative estimate of drug-likeness (QED) is 0.471. The summed E-state index contributed by atoms with van der Waals surface area (Å²) in [5.41, 5.74) is 3.32. The molecule has 5 rings (SSSR count). The summed E-state index contributed by atoms with van der Waals surface area (Å²) < 4.78 is 5.30. The van der Waals surface area contributed by atoms with Crippen molar-refractivity contribution in [2.75, 3.05) is 18.2 Å². The molecule has 1 amide bonds. The number of fused-ring (bicyclic) bond motifs is 2. The predicted octanol–water partition coefficient (Wildman–Crippen LogP) is 4.08. The van der Waals surface area contributed by atoms with Gasteiger partial charge in [-0.3, -0.25) is 4.79 Å². The van der Waals surface area contributed by atoms with E-state index in [-0.39, 0.29) is 5.91 Å². The SMILES string of the molecule is COc1ccc2cccc(CCC3(O)CCC(NCc4cnc5c(c4)NC(=O)CS5)CC3)c2n1. The van der Waals surface area contributed by atoms with Crippen LogP contribution in [0.4, 0.5) is 5.69 Å². The molecule has 3 heterocycles. The molecule has 1 saturated carbocycles. The van der Waals surface area contributed by atoms with Gasteiger partial charge in [0.1, 0.15) is 5.03 Å². The molecule has 2 aliphatic rings. The summed E-state index contributed by atoms with van der Waals surface area (Å²) in [5, 5.41) is 19.7. The lowest BCUT2D eigenvalue weighted by atomic mass is 9.78. The highest BCUT2D eigenvalue weighted by Gasteiger charge is 2.33. The number of ether oxygens (including phenoxy) is 1. The lowest BCUT2D eigenvalue weighted by Crippen LogP contribution is -2.41. The van der Waals surface area contributed by atoms with E-state index < -0.39 is 5.60 Å². The number of nitrogens with zero attached hydrogens (tertiary/aromatic N) is 2. The number of nitrogens with one attached hydrogen (secondary N) is 2. The van der Waals surface area contributed by atoms with E-state index in [1.54, 1.807) is 7.11 Å². The number of aryl methyl sites for hydroxylation is 1. The minimum Gasteiger partial charge on any atom is -0.481 e. The smallest absolute Gasteiger partial charge is 0.234 e. The van der Waals surface area contributed by atoms with Gasteiger partial charge < -0.3 is 20.5 Å². The molecule has 0 unspecified atom stereocenters. The van der Waals surface area contributed by atoms with Crippen LogP contribution in [-0.4, -0.2) is 45.5 Å². The molecule has 0 atom stereocenters. The molecule has 34 heavy (non-hydrogen) atoms. The van der Waals surface area contributed by atoms with Gasteiger partial charge in [-0.25, -0.2) is 9.97 Å². The van der Waals surface area contributed by atoms with Gasteiger partial charge in [-0.1, -0.05) is 30.0 Å². The van der Waals surface area contributed by atoms with Gasteiger partial charge in [-0.05, 0) is 61.8 Å². The number of pyridine rings is 2. The standard InChI is InChI=1S/C26H30N4O3S/c1-33-23-6-5-18-3-2-4-19(24(18)30-23)7-10-26(32)11-8-20(9-12-26)27-14-17-13-21-25(28-15-17)34-16-22(31)29-21/h2-6,13,15,20,27,32H,7-12,14,16H2,1H3,(H,29,31). The monoisotopic (exact) mass is 478 g/mol. The van der Waals surface area contributed by atoms with E-state index in [0.29, 0.717) is 24.2 Å². The molecule has 7 nitrogen and oxygen atoms in total. The Balaban J connectivity index is 1.14. The molecule has 3 aromatic rings. The molecule has 0 bridgehead atoms. The summed E-state index contributed by atoms with van der Waals surface area (Å²) >= 11 is 1.48. The largest absolute Gasteiger partial charge is 0.481 e. The first-order valence-electron chi connectivity index (χ1n) is 11.8. The van der Waals surface area contributed by atoms with Gasteiger partial charge in [0.15, 0.2) is 0 Å². The molecule has 1 aliphatic carbocycles. The Hall–Kier alpha value is -2.68. The van der Waals surface area contributed by atoms with Crippen LogP contribution in [0.3, 0.4) is 0 Å². The Morgan fingerprint density at radius 2 is 2.12 bits per heavy atom. The Morgan fingerprint density at radius 1 is 1.26 bits per heavy atom. The van der Waals surface area contributed by atoms with E-state index in [2.05, 4.69) is 38.8 Å². The normalized spacial score (nSPS) is 22.3. The highest BCUT2D eigenvalue weighted by atomic mass is 32.2. The average Bonchev–Trinajstić information content (AvgIpc) is 2.86. The first-order valence-corrected chi connectivity index (χ1v) is 12.8. The van der Waals surface area contributed by atoms with Crippen LogP contribution in [0.2, 0.25) is 0 Å². The van der Waals surface area contributed by atoms with Crippen molar-refractivity contribution in [3.05, 3.63) is 53.7 Å². The maximum atomic E-state index is 11.6. The van der Waals surface area contributed by atoms with Gasteiger partial charge in [0.2, 0.25) is 11.8 Å². The summed E-state index contributed by atoms with van der Waals surface area (Å²) in [6.45, 7) is 0.702. The number of aliphatic hydroxyl groups is 1. The topological polar surface area (TPSA) is 96.4 Å². The lowest BCUT2D eigenvalue weighted by molar-refractivity contribution is -0.113. The van der Waals surface area contributed by atoms with Crippen LogP contribution >= 0.6 is 11.8 Å². The molecule has 1 aliphatic heterocycles. The Kier molecular flexibility index (Phi) is 6.72. The van der Waals surface area contributed by atoms with E-state index in [4.69, 9.17) is 4.74 Å². The second-order valence-electron chi connectivity index (χ2n) is 9.26. The molecular weight excluding hydrogens is 448 g/mol. The number of anilines is 1. The lowest BCUT2D eigenvalue weighted by Gasteiger charge is -2.36. The van der Waals surface area contributed by atoms with Crippen LogP contribution in [0.15, 0.2) is 47.6 Å². The van der Waals surface area contributed by atoms with Gasteiger partial charge >= 0.3 is 0 Å². The number of hydrogen-bond donors (Lipinski definition) is 3. The van der Waals surface area contributed by atoms with Crippen molar-refractivity contribution in [1.29, 1.82) is 0 Å². The number of carbonyl (C=O) groups is 1. The Bertz CT molecular complexity index is 1190. The number of thioether (sulfide) groups is 1. The molecule has 2 aromatic heterocycles. The average molecular weight is 479 g/mol. The number of aromatic nitrogens is 2. The van der Waals surface area contributed by atoms with E-state index in [0.717, 1.165) is 71.3 Å². The van der Waals surface area contributed by atoms with Crippen molar-refractivity contribution >= 4 is 34.3 Å². The first kappa shape index (κ1) is 23.1. The third kappa shape index (κ3) is 5.19. The second kappa shape index (κ2) is 9.90. The van der Waals surface area contributed by atoms with E-state index in [1.807, 2.05) is 24.4 Å². The molecule has 0 radical (unpaired) electrons. The minimum atomic E-state index is -0.645. The van der Waals surface area contributed by atoms with E-state index in [1.165, 1.54) is 11.8 Å². The summed E-state index contributed by atoms with van der Waals surface area (Å²) in [6.07, 6.45) is 6.82. The van der Waals surface area contributed by atoms with Crippen LogP contribution in [0, 0.1) is 0 Å². The van der Waals surface area contributed by atoms with Gasteiger partial charge in [0.25, 0.3) is 0 Å². The third-order valence-corrected chi connectivity index (χ3v) is 7.89. The van der Waals surface area contributed by atoms with E-state index in [9.17, 15) is 9.90 Å². The molecule has 1 aromatic carbocycles. The van der Waals surface area contributed by atoms with Crippen LogP contribution in [0.1, 0.15) is 43.2 Å². The first-order chi connectivity index (χ1) is 16.5. The van der Waals surface area contributed by atoms with Gasteiger partial charge in [-0.15, -0.1) is 0 Å². The van der Waals surface area contributed by atoms with Gasteiger partial charge in [0.05, 0.1) is 29.7 Å². The number of benzene rings is 1. The Morgan fingerprint density at radius 3 is 2.94 bits per heavy atom. The third-order valence-electron chi connectivity index (χ3n) is 6.88. The molecule has 0 spiro atoms. The van der Waals surface area contributed by atoms with Crippen molar-refractivity contribution in [2.24, 2.45) is 0 Å². The number of amides is 1. The van der Waals surface area contributed by atoms with Crippen molar-refractivity contribution in [3.8, 4) is 5.88 Å². The van der Waals surface area contributed by atoms with Crippen LogP contribution < -0.4 is 15.4 Å². The highest BCUT2D eigenvalue weighted by Crippen LogP contribution is 2.34. The number of rotatable bonds is 7. The molecule has 1 fully saturated rings. The predicted molar refractivity (Wildman–Crippen MR) is 134 cm³/mol.